The van der Waals surface area contributed by atoms with Crippen LogP contribution in [0.15, 0.2) is 41.5 Å². The third-order valence-corrected chi connectivity index (χ3v) is 3.13. The van der Waals surface area contributed by atoms with Crippen LogP contribution >= 0.6 is 11.6 Å². The van der Waals surface area contributed by atoms with Crippen molar-refractivity contribution in [2.45, 2.75) is 26.3 Å². The molecule has 0 amide bonds. The number of nitrogens with one attached hydrogen (secondary N) is 1. The van der Waals surface area contributed by atoms with E-state index in [9.17, 15) is 4.79 Å². The fourth-order valence-electron chi connectivity index (χ4n) is 1.63. The Morgan fingerprint density at radius 1 is 1.37 bits per heavy atom. The van der Waals surface area contributed by atoms with Crippen molar-refractivity contribution in [1.82, 2.24) is 9.55 Å². The van der Waals surface area contributed by atoms with Crippen molar-refractivity contribution in [3.63, 3.8) is 0 Å². The van der Waals surface area contributed by atoms with Crippen LogP contribution in [0.4, 0.5) is 5.82 Å². The molecule has 0 aliphatic carbocycles. The van der Waals surface area contributed by atoms with Crippen molar-refractivity contribution < 1.29 is 0 Å². The first-order chi connectivity index (χ1) is 9.10. The molecule has 0 aliphatic heterocycles. The largest absolute Gasteiger partial charge is 0.368 e. The maximum Gasteiger partial charge on any atom is 0.255 e. The van der Waals surface area contributed by atoms with Crippen LogP contribution in [0.3, 0.4) is 0 Å². The van der Waals surface area contributed by atoms with Gasteiger partial charge in [-0.1, -0.05) is 18.5 Å². The van der Waals surface area contributed by atoms with Crippen LogP contribution in [-0.2, 0) is 0 Å². The summed E-state index contributed by atoms with van der Waals surface area (Å²) in [5, 5.41) is 3.79. The van der Waals surface area contributed by atoms with Gasteiger partial charge in [-0.15, -0.1) is 0 Å². The summed E-state index contributed by atoms with van der Waals surface area (Å²) in [5.41, 5.74) is 0.566. The second-order valence-corrected chi connectivity index (χ2v) is 4.85. The number of anilines is 1. The van der Waals surface area contributed by atoms with Gasteiger partial charge in [-0.3, -0.25) is 9.36 Å². The molecule has 1 N–H and O–H groups in total. The van der Waals surface area contributed by atoms with Crippen LogP contribution in [0.1, 0.15) is 20.3 Å². The summed E-state index contributed by atoms with van der Waals surface area (Å²) in [6, 6.07) is 7.08. The second-order valence-electron chi connectivity index (χ2n) is 4.41. The molecule has 2 heterocycles. The predicted molar refractivity (Wildman–Crippen MR) is 78.2 cm³/mol. The molecular formula is C14H16ClN3O. The molecule has 1 unspecified atom stereocenters. The van der Waals surface area contributed by atoms with Crippen molar-refractivity contribution in [2.75, 3.05) is 5.32 Å². The van der Waals surface area contributed by atoms with E-state index in [4.69, 9.17) is 11.6 Å². The van der Waals surface area contributed by atoms with Crippen molar-refractivity contribution in [3.8, 4) is 5.69 Å². The van der Waals surface area contributed by atoms with Gasteiger partial charge in [0.2, 0.25) is 0 Å². The van der Waals surface area contributed by atoms with Crippen LogP contribution in [0.2, 0.25) is 5.02 Å². The SMILES string of the molecule is CCC(C)Nc1ccc(-n2cc(Cl)ccc2=O)cn1. The molecule has 0 aliphatic rings. The summed E-state index contributed by atoms with van der Waals surface area (Å²) in [7, 11) is 0. The second kappa shape index (κ2) is 5.89. The molecular weight excluding hydrogens is 262 g/mol. The first-order valence-corrected chi connectivity index (χ1v) is 6.59. The molecule has 2 aromatic rings. The zero-order valence-electron chi connectivity index (χ0n) is 10.9. The molecule has 0 saturated carbocycles. The Kier molecular flexibility index (Phi) is 4.22. The third kappa shape index (κ3) is 3.35. The first-order valence-electron chi connectivity index (χ1n) is 6.21. The monoisotopic (exact) mass is 277 g/mol. The molecule has 0 spiro atoms. The molecule has 2 rings (SSSR count). The third-order valence-electron chi connectivity index (χ3n) is 2.91. The van der Waals surface area contributed by atoms with E-state index in [-0.39, 0.29) is 5.56 Å². The lowest BCUT2D eigenvalue weighted by Gasteiger charge is -2.12. The van der Waals surface area contributed by atoms with Gasteiger partial charge in [0.05, 0.1) is 16.9 Å². The van der Waals surface area contributed by atoms with Gasteiger partial charge in [0.25, 0.3) is 5.56 Å². The van der Waals surface area contributed by atoms with E-state index in [1.807, 2.05) is 12.1 Å². The molecule has 0 aromatic carbocycles. The van der Waals surface area contributed by atoms with Crippen LogP contribution in [0.5, 0.6) is 0 Å². The lowest BCUT2D eigenvalue weighted by atomic mass is 10.2. The van der Waals surface area contributed by atoms with E-state index in [0.717, 1.165) is 12.2 Å². The van der Waals surface area contributed by atoms with Crippen molar-refractivity contribution in [3.05, 3.63) is 52.0 Å². The topological polar surface area (TPSA) is 46.9 Å². The quantitative estimate of drug-likeness (QED) is 0.934. The molecule has 0 radical (unpaired) electrons. The number of hydrogen-bond donors (Lipinski definition) is 1. The Hall–Kier alpha value is -1.81. The van der Waals surface area contributed by atoms with Gasteiger partial charge in [0.15, 0.2) is 0 Å². The van der Waals surface area contributed by atoms with E-state index in [1.54, 1.807) is 18.5 Å². The van der Waals surface area contributed by atoms with Gasteiger partial charge in [-0.2, -0.15) is 0 Å². The fourth-order valence-corrected chi connectivity index (χ4v) is 1.79. The summed E-state index contributed by atoms with van der Waals surface area (Å²) in [6.07, 6.45) is 4.27. The normalized spacial score (nSPS) is 12.2. The molecule has 4 nitrogen and oxygen atoms in total. The van der Waals surface area contributed by atoms with Crippen molar-refractivity contribution >= 4 is 17.4 Å². The highest BCUT2D eigenvalue weighted by molar-refractivity contribution is 6.30. The predicted octanol–water partition coefficient (Wildman–Crippen LogP) is 3.10. The maximum absolute atomic E-state index is 11.7. The number of hydrogen-bond acceptors (Lipinski definition) is 3. The zero-order chi connectivity index (χ0) is 13.8. The Morgan fingerprint density at radius 3 is 2.79 bits per heavy atom. The average molecular weight is 278 g/mol. The molecule has 1 atom stereocenters. The van der Waals surface area contributed by atoms with Crippen molar-refractivity contribution in [1.29, 1.82) is 0 Å². The summed E-state index contributed by atoms with van der Waals surface area (Å²) in [5.74, 6) is 0.799. The van der Waals surface area contributed by atoms with Crippen LogP contribution in [0, 0.1) is 0 Å². The number of aromatic nitrogens is 2. The number of pyridine rings is 2. The van der Waals surface area contributed by atoms with E-state index in [0.29, 0.717) is 16.8 Å². The minimum atomic E-state index is -0.131. The summed E-state index contributed by atoms with van der Waals surface area (Å²) in [6.45, 7) is 4.20. The van der Waals surface area contributed by atoms with Gasteiger partial charge < -0.3 is 5.32 Å². The Bertz CT molecular complexity index is 607. The van der Waals surface area contributed by atoms with Crippen LogP contribution < -0.4 is 10.9 Å². The maximum atomic E-state index is 11.7. The minimum Gasteiger partial charge on any atom is -0.368 e. The standard InChI is InChI=1S/C14H16ClN3O/c1-3-10(2)17-13-6-5-12(8-16-13)18-9-11(15)4-7-14(18)19/h4-10H,3H2,1-2H3,(H,16,17). The van der Waals surface area contributed by atoms with Crippen LogP contribution in [-0.4, -0.2) is 15.6 Å². The van der Waals surface area contributed by atoms with Crippen molar-refractivity contribution in [2.24, 2.45) is 0 Å². The van der Waals surface area contributed by atoms with Gasteiger partial charge in [-0.25, -0.2) is 4.98 Å². The minimum absolute atomic E-state index is 0.131. The van der Waals surface area contributed by atoms with E-state index < -0.39 is 0 Å². The van der Waals surface area contributed by atoms with Gasteiger partial charge >= 0.3 is 0 Å². The molecule has 0 bridgehead atoms. The molecule has 19 heavy (non-hydrogen) atoms. The highest BCUT2D eigenvalue weighted by Crippen LogP contribution is 2.12. The first kappa shape index (κ1) is 13.6. The lowest BCUT2D eigenvalue weighted by molar-refractivity contribution is 0.759. The van der Waals surface area contributed by atoms with E-state index in [2.05, 4.69) is 24.1 Å². The molecule has 0 fully saturated rings. The van der Waals surface area contributed by atoms with E-state index in [1.165, 1.54) is 10.6 Å². The molecule has 5 heteroatoms. The van der Waals surface area contributed by atoms with Gasteiger partial charge in [-0.05, 0) is 31.5 Å². The number of halogens is 1. The molecule has 0 saturated heterocycles. The molecule has 100 valence electrons. The van der Waals surface area contributed by atoms with Crippen LogP contribution in [0.25, 0.3) is 5.69 Å². The van der Waals surface area contributed by atoms with Gasteiger partial charge in [0, 0.05) is 18.3 Å². The summed E-state index contributed by atoms with van der Waals surface area (Å²) >= 11 is 5.89. The lowest BCUT2D eigenvalue weighted by Crippen LogP contribution is -2.17. The highest BCUT2D eigenvalue weighted by atomic mass is 35.5. The molecule has 2 aromatic heterocycles. The average Bonchev–Trinajstić information content (AvgIpc) is 2.42. The Labute approximate surface area is 117 Å². The Balaban J connectivity index is 2.27. The highest BCUT2D eigenvalue weighted by Gasteiger charge is 2.03. The zero-order valence-corrected chi connectivity index (χ0v) is 11.7. The number of rotatable bonds is 4. The number of nitrogens with zero attached hydrogens (tertiary/aromatic N) is 2. The van der Waals surface area contributed by atoms with E-state index >= 15 is 0 Å². The summed E-state index contributed by atoms with van der Waals surface area (Å²) < 4.78 is 1.47. The summed E-state index contributed by atoms with van der Waals surface area (Å²) in [4.78, 5) is 16.0. The van der Waals surface area contributed by atoms with Gasteiger partial charge in [0.1, 0.15) is 5.82 Å². The Morgan fingerprint density at radius 2 is 2.16 bits per heavy atom. The fraction of sp³-hybridized carbons (Fsp3) is 0.286. The smallest absolute Gasteiger partial charge is 0.255 e.